The minimum atomic E-state index is -0.463. The monoisotopic (exact) mass is 212 g/mol. The summed E-state index contributed by atoms with van der Waals surface area (Å²) in [7, 11) is 0. The van der Waals surface area contributed by atoms with Gasteiger partial charge in [0, 0.05) is 13.0 Å². The summed E-state index contributed by atoms with van der Waals surface area (Å²) in [6.45, 7) is 0.332. The van der Waals surface area contributed by atoms with Gasteiger partial charge < -0.3 is 15.6 Å². The number of aliphatic hydroxyl groups excluding tert-OH is 1. The van der Waals surface area contributed by atoms with Crippen molar-refractivity contribution >= 4 is 5.84 Å². The van der Waals surface area contributed by atoms with Crippen LogP contribution in [0.2, 0.25) is 0 Å². The maximum atomic E-state index is 12.8. The number of hydrogen-bond acceptors (Lipinski definition) is 3. The van der Waals surface area contributed by atoms with Crippen molar-refractivity contribution in [2.24, 2.45) is 5.73 Å². The number of hydrogen-bond donors (Lipinski definition) is 3. The summed E-state index contributed by atoms with van der Waals surface area (Å²) in [5, 5.41) is 15.8. The van der Waals surface area contributed by atoms with E-state index in [0.717, 1.165) is 6.07 Å². The average Bonchev–Trinajstić information content (AvgIpc) is 2.20. The Bertz CT molecular complexity index is 355. The molecule has 0 saturated heterocycles. The Morgan fingerprint density at radius 3 is 2.87 bits per heavy atom. The van der Waals surface area contributed by atoms with Gasteiger partial charge in [-0.25, -0.2) is 4.39 Å². The SMILES string of the molecule is N=C(N)c1cc(F)ccc1OCCCO. The van der Waals surface area contributed by atoms with Crippen LogP contribution < -0.4 is 10.5 Å². The minimum absolute atomic E-state index is 0.0244. The summed E-state index contributed by atoms with van der Waals surface area (Å²) in [5.41, 5.74) is 5.50. The standard InChI is InChI=1S/C10H13FN2O2/c11-7-2-3-9(15-5-1-4-14)8(6-7)10(12)13/h2-3,6,14H,1,4-5H2,(H3,12,13). The van der Waals surface area contributed by atoms with Crippen LogP contribution >= 0.6 is 0 Å². The molecule has 0 unspecified atom stereocenters. The summed E-state index contributed by atoms with van der Waals surface area (Å²) in [5.74, 6) is -0.347. The highest BCUT2D eigenvalue weighted by Crippen LogP contribution is 2.19. The van der Waals surface area contributed by atoms with E-state index in [4.69, 9.17) is 21.0 Å². The van der Waals surface area contributed by atoms with Gasteiger partial charge in [-0.3, -0.25) is 5.41 Å². The first-order chi connectivity index (χ1) is 7.15. The molecule has 82 valence electrons. The normalized spacial score (nSPS) is 10.0. The van der Waals surface area contributed by atoms with E-state index in [1.165, 1.54) is 12.1 Å². The summed E-state index contributed by atoms with van der Waals surface area (Å²) in [6.07, 6.45) is 0.481. The predicted molar refractivity (Wildman–Crippen MR) is 54.6 cm³/mol. The van der Waals surface area contributed by atoms with Gasteiger partial charge in [-0.1, -0.05) is 0 Å². The lowest BCUT2D eigenvalue weighted by Crippen LogP contribution is -2.14. The van der Waals surface area contributed by atoms with E-state index < -0.39 is 5.82 Å². The second-order valence-electron chi connectivity index (χ2n) is 2.98. The third kappa shape index (κ3) is 3.21. The van der Waals surface area contributed by atoms with Gasteiger partial charge in [0.15, 0.2) is 0 Å². The van der Waals surface area contributed by atoms with Crippen molar-refractivity contribution in [1.29, 1.82) is 5.41 Å². The number of nitrogens with two attached hydrogens (primary N) is 1. The number of nitrogens with one attached hydrogen (secondary N) is 1. The lowest BCUT2D eigenvalue weighted by molar-refractivity contribution is 0.233. The van der Waals surface area contributed by atoms with Crippen molar-refractivity contribution in [3.05, 3.63) is 29.6 Å². The summed E-state index contributed by atoms with van der Waals surface area (Å²) in [6, 6.07) is 3.81. The molecule has 0 atom stereocenters. The van der Waals surface area contributed by atoms with E-state index >= 15 is 0 Å². The average molecular weight is 212 g/mol. The number of nitrogen functional groups attached to an aromatic ring is 1. The molecule has 0 aromatic heterocycles. The van der Waals surface area contributed by atoms with Gasteiger partial charge in [-0.05, 0) is 18.2 Å². The van der Waals surface area contributed by atoms with Crippen LogP contribution in [-0.4, -0.2) is 24.2 Å². The molecule has 15 heavy (non-hydrogen) atoms. The minimum Gasteiger partial charge on any atom is -0.493 e. The predicted octanol–water partition coefficient (Wildman–Crippen LogP) is 0.871. The smallest absolute Gasteiger partial charge is 0.130 e. The Labute approximate surface area is 87.0 Å². The molecule has 0 fully saturated rings. The van der Waals surface area contributed by atoms with Gasteiger partial charge in [0.25, 0.3) is 0 Å². The quantitative estimate of drug-likeness (QED) is 0.385. The highest BCUT2D eigenvalue weighted by Gasteiger charge is 2.07. The molecule has 0 spiro atoms. The molecule has 1 aromatic rings. The van der Waals surface area contributed by atoms with E-state index in [0.29, 0.717) is 18.8 Å². The van der Waals surface area contributed by atoms with Crippen LogP contribution in [-0.2, 0) is 0 Å². The first kappa shape index (κ1) is 11.5. The molecule has 0 aliphatic carbocycles. The van der Waals surface area contributed by atoms with Crippen molar-refractivity contribution in [3.8, 4) is 5.75 Å². The van der Waals surface area contributed by atoms with E-state index in [2.05, 4.69) is 0 Å². The number of rotatable bonds is 5. The third-order valence-electron chi connectivity index (χ3n) is 1.79. The maximum absolute atomic E-state index is 12.8. The first-order valence-electron chi connectivity index (χ1n) is 4.52. The van der Waals surface area contributed by atoms with Crippen LogP contribution in [0.25, 0.3) is 0 Å². The van der Waals surface area contributed by atoms with E-state index in [1.54, 1.807) is 0 Å². The van der Waals surface area contributed by atoms with Crippen molar-refractivity contribution in [2.45, 2.75) is 6.42 Å². The summed E-state index contributed by atoms with van der Waals surface area (Å²) < 4.78 is 18.1. The number of benzene rings is 1. The Morgan fingerprint density at radius 1 is 1.53 bits per heavy atom. The summed E-state index contributed by atoms with van der Waals surface area (Å²) in [4.78, 5) is 0. The van der Waals surface area contributed by atoms with E-state index in [9.17, 15) is 4.39 Å². The topological polar surface area (TPSA) is 79.3 Å². The van der Waals surface area contributed by atoms with Crippen LogP contribution in [0, 0.1) is 11.2 Å². The largest absolute Gasteiger partial charge is 0.493 e. The van der Waals surface area contributed by atoms with Gasteiger partial charge in [-0.15, -0.1) is 0 Å². The molecule has 0 amide bonds. The lowest BCUT2D eigenvalue weighted by atomic mass is 10.2. The Hall–Kier alpha value is -1.62. The Morgan fingerprint density at radius 2 is 2.27 bits per heavy atom. The molecule has 0 saturated carbocycles. The molecule has 4 nitrogen and oxygen atoms in total. The second-order valence-corrected chi connectivity index (χ2v) is 2.98. The van der Waals surface area contributed by atoms with Gasteiger partial charge in [0.1, 0.15) is 17.4 Å². The van der Waals surface area contributed by atoms with Crippen LogP contribution in [0.1, 0.15) is 12.0 Å². The Kier molecular flexibility index (Phi) is 4.05. The molecular formula is C10H13FN2O2. The number of aliphatic hydroxyl groups is 1. The molecule has 0 aliphatic heterocycles. The molecule has 0 radical (unpaired) electrons. The molecule has 5 heteroatoms. The number of ether oxygens (including phenoxy) is 1. The van der Waals surface area contributed by atoms with Crippen molar-refractivity contribution in [2.75, 3.05) is 13.2 Å². The van der Waals surface area contributed by atoms with Crippen LogP contribution in [0.15, 0.2) is 18.2 Å². The molecule has 0 bridgehead atoms. The van der Waals surface area contributed by atoms with Crippen molar-refractivity contribution in [1.82, 2.24) is 0 Å². The van der Waals surface area contributed by atoms with Crippen molar-refractivity contribution in [3.63, 3.8) is 0 Å². The van der Waals surface area contributed by atoms with E-state index in [-0.39, 0.29) is 18.0 Å². The summed E-state index contributed by atoms with van der Waals surface area (Å²) >= 11 is 0. The second kappa shape index (κ2) is 5.31. The van der Waals surface area contributed by atoms with Crippen LogP contribution in [0.4, 0.5) is 4.39 Å². The highest BCUT2D eigenvalue weighted by atomic mass is 19.1. The van der Waals surface area contributed by atoms with Crippen LogP contribution in [0.5, 0.6) is 5.75 Å². The third-order valence-corrected chi connectivity index (χ3v) is 1.79. The van der Waals surface area contributed by atoms with Gasteiger partial charge in [0.2, 0.25) is 0 Å². The van der Waals surface area contributed by atoms with Gasteiger partial charge in [0.05, 0.1) is 12.2 Å². The van der Waals surface area contributed by atoms with Crippen molar-refractivity contribution < 1.29 is 14.2 Å². The first-order valence-corrected chi connectivity index (χ1v) is 4.52. The molecule has 1 rings (SSSR count). The molecule has 4 N–H and O–H groups in total. The number of halogens is 1. The van der Waals surface area contributed by atoms with Crippen LogP contribution in [0.3, 0.4) is 0 Å². The Balaban J connectivity index is 2.81. The maximum Gasteiger partial charge on any atom is 0.130 e. The fourth-order valence-electron chi connectivity index (χ4n) is 1.09. The van der Waals surface area contributed by atoms with Gasteiger partial charge >= 0.3 is 0 Å². The molecule has 1 aromatic carbocycles. The van der Waals surface area contributed by atoms with Gasteiger partial charge in [-0.2, -0.15) is 0 Å². The molecular weight excluding hydrogens is 199 g/mol. The zero-order valence-electron chi connectivity index (χ0n) is 8.16. The highest BCUT2D eigenvalue weighted by molar-refractivity contribution is 5.97. The number of amidine groups is 1. The lowest BCUT2D eigenvalue weighted by Gasteiger charge is -2.09. The molecule has 0 aliphatic rings. The zero-order valence-corrected chi connectivity index (χ0v) is 8.16. The zero-order chi connectivity index (χ0) is 11.3. The fraction of sp³-hybridized carbons (Fsp3) is 0.300. The fourth-order valence-corrected chi connectivity index (χ4v) is 1.09. The van der Waals surface area contributed by atoms with E-state index in [1.807, 2.05) is 0 Å². The molecule has 0 heterocycles.